The van der Waals surface area contributed by atoms with Gasteiger partial charge in [-0.2, -0.15) is 10.2 Å². The number of carbonyl (C=O) groups is 1. The maximum absolute atomic E-state index is 13.3. The maximum Gasteiger partial charge on any atom is 0.255 e. The number of rotatable bonds is 4. The summed E-state index contributed by atoms with van der Waals surface area (Å²) in [6.07, 6.45) is 1.82. The molecule has 0 saturated carbocycles. The van der Waals surface area contributed by atoms with Crippen molar-refractivity contribution < 1.29 is 9.32 Å². The lowest BCUT2D eigenvalue weighted by atomic mass is 9.97. The third-order valence-electron chi connectivity index (χ3n) is 4.95. The number of aromatic nitrogens is 2. The lowest BCUT2D eigenvalue weighted by Crippen LogP contribution is -2.39. The smallest absolute Gasteiger partial charge is 0.255 e. The molecule has 1 saturated heterocycles. The lowest BCUT2D eigenvalue weighted by Gasteiger charge is -2.31. The molecule has 7 heteroatoms. The standard InChI is InChI=1S/C22H20N4O2S/c1-15-24-21(28-25-15)17-8-6-12-26(14-17)22(27)18-9-3-5-11-20(18)29-19-10-4-2-7-16(19)13-23/h2-5,7,9-11,17H,6,8,12,14H2,1H3. The zero-order valence-corrected chi connectivity index (χ0v) is 16.9. The molecular formula is C22H20N4O2S. The summed E-state index contributed by atoms with van der Waals surface area (Å²) in [4.78, 5) is 21.2. The first-order chi connectivity index (χ1) is 14.2. The molecule has 3 aromatic rings. The van der Waals surface area contributed by atoms with Crippen molar-refractivity contribution in [1.82, 2.24) is 15.0 Å². The Kier molecular flexibility index (Phi) is 5.63. The molecule has 0 spiro atoms. The van der Waals surface area contributed by atoms with Crippen molar-refractivity contribution in [2.45, 2.75) is 35.5 Å². The molecular weight excluding hydrogens is 384 g/mol. The predicted molar refractivity (Wildman–Crippen MR) is 109 cm³/mol. The first kappa shape index (κ1) is 19.2. The van der Waals surface area contributed by atoms with Crippen molar-refractivity contribution in [2.75, 3.05) is 13.1 Å². The second-order valence-corrected chi connectivity index (χ2v) is 8.06. The molecule has 0 bridgehead atoms. The van der Waals surface area contributed by atoms with Crippen molar-refractivity contribution in [1.29, 1.82) is 5.26 Å². The van der Waals surface area contributed by atoms with Gasteiger partial charge in [-0.25, -0.2) is 0 Å². The van der Waals surface area contributed by atoms with Crippen LogP contribution in [0.3, 0.4) is 0 Å². The number of nitriles is 1. The van der Waals surface area contributed by atoms with Gasteiger partial charge in [0.2, 0.25) is 5.89 Å². The SMILES string of the molecule is Cc1noc(C2CCCN(C(=O)c3ccccc3Sc3ccccc3C#N)C2)n1. The Bertz CT molecular complexity index is 1070. The zero-order valence-electron chi connectivity index (χ0n) is 16.0. The van der Waals surface area contributed by atoms with Crippen LogP contribution in [0, 0.1) is 18.3 Å². The Morgan fingerprint density at radius 1 is 1.21 bits per heavy atom. The summed E-state index contributed by atoms with van der Waals surface area (Å²) in [5.74, 6) is 1.27. The minimum absolute atomic E-state index is 0.0107. The van der Waals surface area contributed by atoms with Gasteiger partial charge in [-0.15, -0.1) is 0 Å². The minimum atomic E-state index is -0.0107. The normalized spacial score (nSPS) is 16.4. The minimum Gasteiger partial charge on any atom is -0.339 e. The average molecular weight is 404 g/mol. The molecule has 1 aromatic heterocycles. The molecule has 1 atom stereocenters. The fourth-order valence-electron chi connectivity index (χ4n) is 3.51. The van der Waals surface area contributed by atoms with Crippen molar-refractivity contribution in [2.24, 2.45) is 0 Å². The molecule has 0 aliphatic carbocycles. The van der Waals surface area contributed by atoms with Gasteiger partial charge >= 0.3 is 0 Å². The molecule has 29 heavy (non-hydrogen) atoms. The number of hydrogen-bond acceptors (Lipinski definition) is 6. The number of amides is 1. The van der Waals surface area contributed by atoms with Gasteiger partial charge in [-0.3, -0.25) is 4.79 Å². The number of aryl methyl sites for hydroxylation is 1. The molecule has 2 aromatic carbocycles. The van der Waals surface area contributed by atoms with E-state index in [9.17, 15) is 10.1 Å². The maximum atomic E-state index is 13.3. The van der Waals surface area contributed by atoms with Gasteiger partial charge in [-0.1, -0.05) is 41.2 Å². The highest BCUT2D eigenvalue weighted by molar-refractivity contribution is 7.99. The molecule has 1 aliphatic heterocycles. The van der Waals surface area contributed by atoms with Gasteiger partial charge in [0.15, 0.2) is 5.82 Å². The Morgan fingerprint density at radius 2 is 1.97 bits per heavy atom. The van der Waals surface area contributed by atoms with Crippen LogP contribution in [0.25, 0.3) is 0 Å². The van der Waals surface area contributed by atoms with E-state index in [1.165, 1.54) is 11.8 Å². The highest BCUT2D eigenvalue weighted by atomic mass is 32.2. The largest absolute Gasteiger partial charge is 0.339 e. The van der Waals surface area contributed by atoms with E-state index in [1.807, 2.05) is 47.4 Å². The quantitative estimate of drug-likeness (QED) is 0.640. The van der Waals surface area contributed by atoms with Crippen LogP contribution >= 0.6 is 11.8 Å². The van der Waals surface area contributed by atoms with E-state index in [1.54, 1.807) is 13.0 Å². The lowest BCUT2D eigenvalue weighted by molar-refractivity contribution is 0.0692. The first-order valence-electron chi connectivity index (χ1n) is 9.51. The summed E-state index contributed by atoms with van der Waals surface area (Å²) in [5.41, 5.74) is 1.25. The highest BCUT2D eigenvalue weighted by Gasteiger charge is 2.29. The van der Waals surface area contributed by atoms with Gasteiger partial charge in [0, 0.05) is 22.9 Å². The summed E-state index contributed by atoms with van der Waals surface area (Å²) in [5, 5.41) is 13.2. The van der Waals surface area contributed by atoms with Crippen LogP contribution in [0.2, 0.25) is 0 Å². The van der Waals surface area contributed by atoms with Crippen LogP contribution in [-0.2, 0) is 0 Å². The van der Waals surface area contributed by atoms with Crippen molar-refractivity contribution in [3.63, 3.8) is 0 Å². The molecule has 0 radical (unpaired) electrons. The second kappa shape index (κ2) is 8.50. The van der Waals surface area contributed by atoms with Gasteiger partial charge < -0.3 is 9.42 Å². The van der Waals surface area contributed by atoms with Crippen LogP contribution in [0.1, 0.15) is 46.4 Å². The molecule has 0 N–H and O–H groups in total. The molecule has 2 heterocycles. The van der Waals surface area contributed by atoms with Crippen molar-refractivity contribution in [3.05, 3.63) is 71.4 Å². The Balaban J connectivity index is 1.57. The van der Waals surface area contributed by atoms with E-state index >= 15 is 0 Å². The molecule has 1 fully saturated rings. The van der Waals surface area contributed by atoms with Crippen LogP contribution < -0.4 is 0 Å². The van der Waals surface area contributed by atoms with E-state index in [0.29, 0.717) is 35.9 Å². The third-order valence-corrected chi connectivity index (χ3v) is 6.10. The number of likely N-dealkylation sites (tertiary alicyclic amines) is 1. The monoisotopic (exact) mass is 404 g/mol. The van der Waals surface area contributed by atoms with E-state index in [-0.39, 0.29) is 11.8 Å². The van der Waals surface area contributed by atoms with Gasteiger partial charge in [0.05, 0.1) is 17.0 Å². The molecule has 6 nitrogen and oxygen atoms in total. The predicted octanol–water partition coefficient (Wildman–Crippen LogP) is 4.42. The highest BCUT2D eigenvalue weighted by Crippen LogP contribution is 2.34. The number of carbonyl (C=O) groups excluding carboxylic acids is 1. The number of hydrogen-bond donors (Lipinski definition) is 0. The van der Waals surface area contributed by atoms with Gasteiger partial charge in [0.25, 0.3) is 5.91 Å². The molecule has 1 unspecified atom stereocenters. The fourth-order valence-corrected chi connectivity index (χ4v) is 4.53. The Morgan fingerprint density at radius 3 is 2.72 bits per heavy atom. The van der Waals surface area contributed by atoms with Gasteiger partial charge in [0.1, 0.15) is 6.07 Å². The molecule has 1 aliphatic rings. The molecule has 4 rings (SSSR count). The Hall–Kier alpha value is -3.11. The van der Waals surface area contributed by atoms with E-state index < -0.39 is 0 Å². The number of piperidine rings is 1. The van der Waals surface area contributed by atoms with Gasteiger partial charge in [-0.05, 0) is 44.0 Å². The first-order valence-corrected chi connectivity index (χ1v) is 10.3. The van der Waals surface area contributed by atoms with E-state index in [0.717, 1.165) is 22.6 Å². The topological polar surface area (TPSA) is 83.0 Å². The zero-order chi connectivity index (χ0) is 20.2. The second-order valence-electron chi connectivity index (χ2n) is 6.98. The summed E-state index contributed by atoms with van der Waals surface area (Å²) >= 11 is 1.45. The van der Waals surface area contributed by atoms with Crippen molar-refractivity contribution in [3.8, 4) is 6.07 Å². The van der Waals surface area contributed by atoms with Crippen LogP contribution in [0.15, 0.2) is 62.8 Å². The van der Waals surface area contributed by atoms with Crippen LogP contribution in [0.4, 0.5) is 0 Å². The van der Waals surface area contributed by atoms with E-state index in [2.05, 4.69) is 16.2 Å². The number of benzene rings is 2. The summed E-state index contributed by atoms with van der Waals surface area (Å²) < 4.78 is 5.33. The Labute approximate surface area is 173 Å². The van der Waals surface area contributed by atoms with Crippen LogP contribution in [0.5, 0.6) is 0 Å². The van der Waals surface area contributed by atoms with Crippen LogP contribution in [-0.4, -0.2) is 34.0 Å². The molecule has 1 amide bonds. The average Bonchev–Trinajstić information content (AvgIpc) is 3.20. The third kappa shape index (κ3) is 4.17. The number of nitrogens with zero attached hydrogens (tertiary/aromatic N) is 4. The summed E-state index contributed by atoms with van der Waals surface area (Å²) in [6.45, 7) is 3.07. The van der Waals surface area contributed by atoms with Crippen molar-refractivity contribution >= 4 is 17.7 Å². The summed E-state index contributed by atoms with van der Waals surface area (Å²) in [6, 6.07) is 17.2. The fraction of sp³-hybridized carbons (Fsp3) is 0.273. The molecule has 146 valence electrons. The van der Waals surface area contributed by atoms with E-state index in [4.69, 9.17) is 4.52 Å². The summed E-state index contributed by atoms with van der Waals surface area (Å²) in [7, 11) is 0.